The van der Waals surface area contributed by atoms with Crippen molar-refractivity contribution in [1.82, 2.24) is 0 Å². The van der Waals surface area contributed by atoms with Crippen LogP contribution in [0.1, 0.15) is 13.8 Å². The lowest BCUT2D eigenvalue weighted by atomic mass is 10.2. The molecule has 4 N–H and O–H groups in total. The Morgan fingerprint density at radius 1 is 1.19 bits per heavy atom. The molecular formula is C11H15N3OS. The number of carbonyl (C=O) groups excluding carboxylic acids is 1. The fourth-order valence-corrected chi connectivity index (χ4v) is 1.18. The summed E-state index contributed by atoms with van der Waals surface area (Å²) < 4.78 is 0. The molecule has 0 fully saturated rings. The van der Waals surface area contributed by atoms with Crippen LogP contribution in [0, 0.1) is 5.92 Å². The van der Waals surface area contributed by atoms with Gasteiger partial charge in [0.15, 0.2) is 5.11 Å². The van der Waals surface area contributed by atoms with Gasteiger partial charge in [0.25, 0.3) is 0 Å². The quantitative estimate of drug-likeness (QED) is 0.703. The van der Waals surface area contributed by atoms with Gasteiger partial charge in [-0.2, -0.15) is 0 Å². The fraction of sp³-hybridized carbons (Fsp3) is 0.273. The van der Waals surface area contributed by atoms with Crippen LogP contribution in [-0.2, 0) is 4.79 Å². The third kappa shape index (κ3) is 3.86. The number of nitrogens with one attached hydrogen (secondary N) is 2. The van der Waals surface area contributed by atoms with Gasteiger partial charge in [0.1, 0.15) is 0 Å². The second-order valence-electron chi connectivity index (χ2n) is 3.71. The number of benzene rings is 1. The molecule has 4 nitrogen and oxygen atoms in total. The maximum Gasteiger partial charge on any atom is 0.226 e. The minimum absolute atomic E-state index is 0.00458. The number of hydrogen-bond acceptors (Lipinski definition) is 2. The van der Waals surface area contributed by atoms with Crippen LogP contribution in [0.4, 0.5) is 11.4 Å². The second-order valence-corrected chi connectivity index (χ2v) is 4.15. The van der Waals surface area contributed by atoms with E-state index < -0.39 is 0 Å². The van der Waals surface area contributed by atoms with Gasteiger partial charge in [-0.25, -0.2) is 0 Å². The van der Waals surface area contributed by atoms with Crippen molar-refractivity contribution in [3.8, 4) is 0 Å². The zero-order valence-corrected chi connectivity index (χ0v) is 10.1. The Morgan fingerprint density at radius 2 is 1.62 bits per heavy atom. The molecule has 0 aromatic heterocycles. The van der Waals surface area contributed by atoms with Crippen molar-refractivity contribution in [3.63, 3.8) is 0 Å². The minimum Gasteiger partial charge on any atom is -0.376 e. The molecule has 5 heteroatoms. The molecule has 0 unspecified atom stereocenters. The molecular weight excluding hydrogens is 222 g/mol. The number of carbonyl (C=O) groups is 1. The molecule has 0 heterocycles. The zero-order valence-electron chi connectivity index (χ0n) is 9.28. The van der Waals surface area contributed by atoms with Crippen LogP contribution < -0.4 is 16.4 Å². The van der Waals surface area contributed by atoms with Crippen LogP contribution in [-0.4, -0.2) is 11.0 Å². The van der Waals surface area contributed by atoms with Gasteiger partial charge in [0.2, 0.25) is 5.91 Å². The Balaban J connectivity index is 2.64. The van der Waals surface area contributed by atoms with Gasteiger partial charge in [-0.15, -0.1) is 0 Å². The summed E-state index contributed by atoms with van der Waals surface area (Å²) in [7, 11) is 0. The fourth-order valence-electron chi connectivity index (χ4n) is 1.07. The smallest absolute Gasteiger partial charge is 0.226 e. The maximum absolute atomic E-state index is 11.4. The van der Waals surface area contributed by atoms with E-state index in [1.807, 2.05) is 13.8 Å². The first-order valence-corrected chi connectivity index (χ1v) is 5.37. The summed E-state index contributed by atoms with van der Waals surface area (Å²) in [4.78, 5) is 11.4. The number of rotatable bonds is 3. The highest BCUT2D eigenvalue weighted by molar-refractivity contribution is 7.80. The summed E-state index contributed by atoms with van der Waals surface area (Å²) in [5, 5.41) is 5.82. The molecule has 1 aromatic carbocycles. The van der Waals surface area contributed by atoms with Gasteiger partial charge in [-0.3, -0.25) is 4.79 Å². The summed E-state index contributed by atoms with van der Waals surface area (Å²) in [6, 6.07) is 7.19. The normalized spacial score (nSPS) is 9.94. The number of anilines is 2. The Bertz CT molecular complexity index is 387. The lowest BCUT2D eigenvalue weighted by Crippen LogP contribution is -2.19. The van der Waals surface area contributed by atoms with Crippen LogP contribution in [0.5, 0.6) is 0 Å². The topological polar surface area (TPSA) is 67.2 Å². The van der Waals surface area contributed by atoms with Crippen molar-refractivity contribution in [2.45, 2.75) is 13.8 Å². The van der Waals surface area contributed by atoms with Crippen LogP contribution in [0.3, 0.4) is 0 Å². The zero-order chi connectivity index (χ0) is 12.1. The Labute approximate surface area is 100 Å². The predicted molar refractivity (Wildman–Crippen MR) is 70.3 cm³/mol. The number of amides is 1. The molecule has 0 spiro atoms. The van der Waals surface area contributed by atoms with E-state index in [0.29, 0.717) is 0 Å². The van der Waals surface area contributed by atoms with Crippen molar-refractivity contribution in [1.29, 1.82) is 0 Å². The van der Waals surface area contributed by atoms with Crippen molar-refractivity contribution in [2.75, 3.05) is 10.6 Å². The number of hydrogen-bond donors (Lipinski definition) is 3. The van der Waals surface area contributed by atoms with Crippen LogP contribution in [0.25, 0.3) is 0 Å². The molecule has 0 saturated heterocycles. The predicted octanol–water partition coefficient (Wildman–Crippen LogP) is 1.94. The van der Waals surface area contributed by atoms with Gasteiger partial charge in [-0.1, -0.05) is 13.8 Å². The Kier molecular flexibility index (Phi) is 4.25. The first-order valence-electron chi connectivity index (χ1n) is 4.96. The molecule has 0 aliphatic rings. The van der Waals surface area contributed by atoms with E-state index in [4.69, 9.17) is 18.0 Å². The molecule has 0 aliphatic heterocycles. The molecule has 1 amide bonds. The molecule has 0 bridgehead atoms. The minimum atomic E-state index is -0.0329. The number of thiocarbonyl (C=S) groups is 1. The summed E-state index contributed by atoms with van der Waals surface area (Å²) in [5.41, 5.74) is 6.89. The highest BCUT2D eigenvalue weighted by Gasteiger charge is 2.06. The Hall–Kier alpha value is -1.62. The maximum atomic E-state index is 11.4. The average Bonchev–Trinajstić information content (AvgIpc) is 2.20. The van der Waals surface area contributed by atoms with Crippen molar-refractivity contribution >= 4 is 34.6 Å². The highest BCUT2D eigenvalue weighted by Crippen LogP contribution is 2.14. The van der Waals surface area contributed by atoms with Gasteiger partial charge in [0.05, 0.1) is 0 Å². The van der Waals surface area contributed by atoms with Crippen molar-refractivity contribution in [2.24, 2.45) is 11.7 Å². The molecule has 0 aliphatic carbocycles. The van der Waals surface area contributed by atoms with E-state index in [0.717, 1.165) is 11.4 Å². The van der Waals surface area contributed by atoms with Gasteiger partial charge >= 0.3 is 0 Å². The van der Waals surface area contributed by atoms with Gasteiger partial charge < -0.3 is 16.4 Å². The van der Waals surface area contributed by atoms with E-state index in [-0.39, 0.29) is 16.9 Å². The van der Waals surface area contributed by atoms with E-state index in [1.54, 1.807) is 24.3 Å². The monoisotopic (exact) mass is 237 g/mol. The van der Waals surface area contributed by atoms with E-state index in [1.165, 1.54) is 0 Å². The van der Waals surface area contributed by atoms with E-state index in [9.17, 15) is 4.79 Å². The molecule has 0 radical (unpaired) electrons. The molecule has 16 heavy (non-hydrogen) atoms. The highest BCUT2D eigenvalue weighted by atomic mass is 32.1. The van der Waals surface area contributed by atoms with E-state index >= 15 is 0 Å². The first-order chi connectivity index (χ1) is 7.49. The molecule has 0 saturated carbocycles. The van der Waals surface area contributed by atoms with E-state index in [2.05, 4.69) is 10.6 Å². The van der Waals surface area contributed by atoms with Crippen LogP contribution in [0.2, 0.25) is 0 Å². The SMILES string of the molecule is CC(C)C(=O)Nc1ccc(NC(N)=S)cc1. The first kappa shape index (κ1) is 12.4. The van der Waals surface area contributed by atoms with Gasteiger partial charge in [-0.05, 0) is 36.5 Å². The third-order valence-corrected chi connectivity index (χ3v) is 2.05. The summed E-state index contributed by atoms with van der Waals surface area (Å²) in [6.45, 7) is 3.69. The summed E-state index contributed by atoms with van der Waals surface area (Å²) >= 11 is 4.71. The summed E-state index contributed by atoms with van der Waals surface area (Å²) in [5.74, 6) is -0.0375. The van der Waals surface area contributed by atoms with Gasteiger partial charge in [0, 0.05) is 17.3 Å². The average molecular weight is 237 g/mol. The number of nitrogens with two attached hydrogens (primary N) is 1. The van der Waals surface area contributed by atoms with Crippen LogP contribution in [0.15, 0.2) is 24.3 Å². The second kappa shape index (κ2) is 5.46. The molecule has 0 atom stereocenters. The van der Waals surface area contributed by atoms with Crippen molar-refractivity contribution < 1.29 is 4.79 Å². The molecule has 86 valence electrons. The molecule has 1 rings (SSSR count). The lowest BCUT2D eigenvalue weighted by Gasteiger charge is -2.08. The van der Waals surface area contributed by atoms with Crippen LogP contribution >= 0.6 is 12.2 Å². The lowest BCUT2D eigenvalue weighted by molar-refractivity contribution is -0.118. The Morgan fingerprint density at radius 3 is 2.00 bits per heavy atom. The molecule has 1 aromatic rings. The van der Waals surface area contributed by atoms with Crippen molar-refractivity contribution in [3.05, 3.63) is 24.3 Å². The standard InChI is InChI=1S/C11H15N3OS/c1-7(2)10(15)13-8-3-5-9(6-4-8)14-11(12)16/h3-7H,1-2H3,(H,13,15)(H3,12,14,16). The largest absolute Gasteiger partial charge is 0.376 e. The summed E-state index contributed by atoms with van der Waals surface area (Å²) in [6.07, 6.45) is 0. The third-order valence-electron chi connectivity index (χ3n) is 1.94.